The lowest BCUT2D eigenvalue weighted by Crippen LogP contribution is -2.59. The number of terminal acetylenes is 1. The van der Waals surface area contributed by atoms with E-state index in [1.54, 1.807) is 0 Å². The molecule has 0 aromatic rings. The minimum atomic E-state index is 0.783. The molecule has 0 N–H and O–H groups in total. The van der Waals surface area contributed by atoms with Gasteiger partial charge in [-0.1, -0.05) is 13.3 Å². The van der Waals surface area contributed by atoms with Crippen LogP contribution >= 0.6 is 0 Å². The maximum Gasteiger partial charge on any atom is 0.0223 e. The maximum atomic E-state index is 5.32. The Hall–Kier alpha value is -0.520. The van der Waals surface area contributed by atoms with E-state index in [4.69, 9.17) is 6.42 Å². The van der Waals surface area contributed by atoms with Crippen molar-refractivity contribution in [2.75, 3.05) is 26.2 Å². The van der Waals surface area contributed by atoms with Crippen molar-refractivity contribution in [1.82, 2.24) is 9.80 Å². The van der Waals surface area contributed by atoms with Crippen molar-refractivity contribution in [1.29, 1.82) is 0 Å². The molecule has 2 fully saturated rings. The van der Waals surface area contributed by atoms with Gasteiger partial charge in [0.25, 0.3) is 0 Å². The van der Waals surface area contributed by atoms with Gasteiger partial charge < -0.3 is 0 Å². The molecule has 102 valence electrons. The highest BCUT2D eigenvalue weighted by Crippen LogP contribution is 2.25. The van der Waals surface area contributed by atoms with E-state index >= 15 is 0 Å². The van der Waals surface area contributed by atoms with Crippen LogP contribution in [0.5, 0.6) is 0 Å². The molecule has 0 aromatic carbocycles. The topological polar surface area (TPSA) is 6.48 Å². The third kappa shape index (κ3) is 3.49. The second-order valence-electron chi connectivity index (χ2n) is 5.86. The summed E-state index contributed by atoms with van der Waals surface area (Å²) in [6.45, 7) is 7.53. The van der Waals surface area contributed by atoms with Crippen LogP contribution in [0, 0.1) is 12.3 Å². The molecule has 2 saturated heterocycles. The number of hydrogen-bond acceptors (Lipinski definition) is 2. The number of rotatable bonds is 5. The predicted molar refractivity (Wildman–Crippen MR) is 77.5 cm³/mol. The Kier molecular flexibility index (Phi) is 5.53. The highest BCUT2D eigenvalue weighted by atomic mass is 15.3. The van der Waals surface area contributed by atoms with E-state index in [1.165, 1.54) is 64.7 Å². The lowest BCUT2D eigenvalue weighted by molar-refractivity contribution is 0.00700. The molecule has 0 saturated carbocycles. The fourth-order valence-electron chi connectivity index (χ4n) is 3.52. The van der Waals surface area contributed by atoms with E-state index in [9.17, 15) is 0 Å². The van der Waals surface area contributed by atoms with E-state index in [2.05, 4.69) is 22.6 Å². The molecule has 2 heteroatoms. The van der Waals surface area contributed by atoms with Crippen molar-refractivity contribution in [3.05, 3.63) is 0 Å². The molecule has 0 aliphatic carbocycles. The molecule has 2 rings (SSSR count). The van der Waals surface area contributed by atoms with Crippen molar-refractivity contribution in [3.63, 3.8) is 0 Å². The summed E-state index contributed by atoms with van der Waals surface area (Å²) in [5.74, 6) is 2.75. The average molecular weight is 248 g/mol. The summed E-state index contributed by atoms with van der Waals surface area (Å²) < 4.78 is 0. The molecule has 2 nitrogen and oxygen atoms in total. The minimum Gasteiger partial charge on any atom is -0.298 e. The maximum absolute atomic E-state index is 5.32. The van der Waals surface area contributed by atoms with Gasteiger partial charge in [0.15, 0.2) is 0 Å². The summed E-state index contributed by atoms with van der Waals surface area (Å²) >= 11 is 0. The van der Waals surface area contributed by atoms with Gasteiger partial charge in [-0.15, -0.1) is 12.3 Å². The molecular formula is C16H28N2. The van der Waals surface area contributed by atoms with Gasteiger partial charge in [0.05, 0.1) is 0 Å². The van der Waals surface area contributed by atoms with Crippen LogP contribution in [0.4, 0.5) is 0 Å². The largest absolute Gasteiger partial charge is 0.298 e. The summed E-state index contributed by atoms with van der Waals surface area (Å²) in [4.78, 5) is 5.48. The van der Waals surface area contributed by atoms with Gasteiger partial charge in [0.2, 0.25) is 0 Å². The van der Waals surface area contributed by atoms with Gasteiger partial charge in [-0.2, -0.15) is 0 Å². The molecule has 0 aromatic heterocycles. The van der Waals surface area contributed by atoms with Gasteiger partial charge in [-0.05, 0) is 45.2 Å². The number of nitrogens with zero attached hydrogens (tertiary/aromatic N) is 2. The molecule has 0 spiro atoms. The Labute approximate surface area is 113 Å². The standard InChI is InChI=1S/C16H28N2/c1-3-5-6-8-11-17-14-16-10-7-9-12-18(16)13-15(17)4-2/h1,15-16H,4-14H2,2H3. The Morgan fingerprint density at radius 3 is 2.89 bits per heavy atom. The van der Waals surface area contributed by atoms with Crippen LogP contribution in [0.2, 0.25) is 0 Å². The molecule has 0 radical (unpaired) electrons. The van der Waals surface area contributed by atoms with Crippen LogP contribution in [0.15, 0.2) is 0 Å². The van der Waals surface area contributed by atoms with Gasteiger partial charge in [0, 0.05) is 31.6 Å². The zero-order chi connectivity index (χ0) is 12.8. The second kappa shape index (κ2) is 7.16. The summed E-state index contributed by atoms with van der Waals surface area (Å²) in [5, 5.41) is 0. The number of piperidine rings is 1. The van der Waals surface area contributed by atoms with Crippen LogP contribution in [0.1, 0.15) is 51.9 Å². The molecule has 2 unspecified atom stereocenters. The smallest absolute Gasteiger partial charge is 0.0223 e. The zero-order valence-corrected chi connectivity index (χ0v) is 11.9. The first-order valence-electron chi connectivity index (χ1n) is 7.76. The highest BCUT2D eigenvalue weighted by Gasteiger charge is 2.33. The molecule has 0 amide bonds. The van der Waals surface area contributed by atoms with Gasteiger partial charge in [0.1, 0.15) is 0 Å². The highest BCUT2D eigenvalue weighted by molar-refractivity contribution is 4.90. The Morgan fingerprint density at radius 1 is 1.22 bits per heavy atom. The fourth-order valence-corrected chi connectivity index (χ4v) is 3.52. The van der Waals surface area contributed by atoms with E-state index in [0.717, 1.165) is 18.5 Å². The Balaban J connectivity index is 1.82. The third-order valence-electron chi connectivity index (χ3n) is 4.64. The van der Waals surface area contributed by atoms with Crippen LogP contribution in [0.3, 0.4) is 0 Å². The van der Waals surface area contributed by atoms with Crippen LogP contribution in [-0.2, 0) is 0 Å². The van der Waals surface area contributed by atoms with Gasteiger partial charge in [-0.3, -0.25) is 9.80 Å². The van der Waals surface area contributed by atoms with E-state index in [1.807, 2.05) is 0 Å². The average Bonchev–Trinajstić information content (AvgIpc) is 2.42. The molecule has 18 heavy (non-hydrogen) atoms. The number of fused-ring (bicyclic) bond motifs is 1. The van der Waals surface area contributed by atoms with Crippen molar-refractivity contribution < 1.29 is 0 Å². The summed E-state index contributed by atoms with van der Waals surface area (Å²) in [7, 11) is 0. The Bertz CT molecular complexity index is 281. The van der Waals surface area contributed by atoms with Crippen molar-refractivity contribution in [2.45, 2.75) is 64.0 Å². The SMILES string of the molecule is C#CCCCCN1CC2CCCCN2CC1CC. The lowest BCUT2D eigenvalue weighted by atomic mass is 9.95. The van der Waals surface area contributed by atoms with E-state index in [0.29, 0.717) is 0 Å². The number of piperazine rings is 1. The molecule has 0 bridgehead atoms. The number of unbranched alkanes of at least 4 members (excludes halogenated alkanes) is 2. The second-order valence-corrected chi connectivity index (χ2v) is 5.86. The van der Waals surface area contributed by atoms with Gasteiger partial charge >= 0.3 is 0 Å². The zero-order valence-electron chi connectivity index (χ0n) is 11.9. The lowest BCUT2D eigenvalue weighted by Gasteiger charge is -2.48. The van der Waals surface area contributed by atoms with Crippen LogP contribution < -0.4 is 0 Å². The first kappa shape index (κ1) is 13.9. The number of hydrogen-bond donors (Lipinski definition) is 0. The molecule has 2 heterocycles. The normalized spacial score (nSPS) is 29.8. The summed E-state index contributed by atoms with van der Waals surface area (Å²) in [6, 6.07) is 1.62. The third-order valence-corrected chi connectivity index (χ3v) is 4.64. The van der Waals surface area contributed by atoms with E-state index in [-0.39, 0.29) is 0 Å². The van der Waals surface area contributed by atoms with Crippen LogP contribution in [-0.4, -0.2) is 48.1 Å². The van der Waals surface area contributed by atoms with Gasteiger partial charge in [-0.25, -0.2) is 0 Å². The van der Waals surface area contributed by atoms with Crippen molar-refractivity contribution in [2.24, 2.45) is 0 Å². The monoisotopic (exact) mass is 248 g/mol. The molecule has 2 aliphatic rings. The van der Waals surface area contributed by atoms with Crippen molar-refractivity contribution in [3.8, 4) is 12.3 Å². The quantitative estimate of drug-likeness (QED) is 0.545. The first-order chi connectivity index (χ1) is 8.85. The molecule has 2 aliphatic heterocycles. The Morgan fingerprint density at radius 2 is 2.11 bits per heavy atom. The summed E-state index contributed by atoms with van der Waals surface area (Å²) in [5.41, 5.74) is 0. The fraction of sp³-hybridized carbons (Fsp3) is 0.875. The van der Waals surface area contributed by atoms with Crippen LogP contribution in [0.25, 0.3) is 0 Å². The predicted octanol–water partition coefficient (Wildman–Crippen LogP) is 2.74. The minimum absolute atomic E-state index is 0.783. The first-order valence-corrected chi connectivity index (χ1v) is 7.76. The molecule has 2 atom stereocenters. The summed E-state index contributed by atoms with van der Waals surface area (Å²) in [6.07, 6.45) is 14.3. The van der Waals surface area contributed by atoms with Crippen molar-refractivity contribution >= 4 is 0 Å². The molecular weight excluding hydrogens is 220 g/mol. The van der Waals surface area contributed by atoms with E-state index < -0.39 is 0 Å².